The fourth-order valence-corrected chi connectivity index (χ4v) is 6.83. The fraction of sp³-hybridized carbons (Fsp3) is 0.517. The standard InChI is InChI=1S/C29H35Cl2F3N4O2S/c1-17(2)13-25(35)23-15-19(29(32,33)34)4-6-26(23)37-8-10-38(11-9-37)28(40)22(21-7-12-41-36-27(21)39)14-18-3-5-20(30)16-24(18)31/h3-6,15-17,21-22,25H,7-14,35H2,1-2H3,(H,36,39). The molecule has 2 aliphatic heterocycles. The van der Waals surface area contributed by atoms with Gasteiger partial charge < -0.3 is 15.5 Å². The maximum Gasteiger partial charge on any atom is 0.416 e. The molecule has 2 saturated heterocycles. The molecule has 6 nitrogen and oxygen atoms in total. The second-order valence-electron chi connectivity index (χ2n) is 11.1. The minimum Gasteiger partial charge on any atom is -0.368 e. The number of carbonyl (C=O) groups is 2. The molecular formula is C29H35Cl2F3N4O2S. The van der Waals surface area contributed by atoms with Gasteiger partial charge in [-0.15, -0.1) is 0 Å². The van der Waals surface area contributed by atoms with Gasteiger partial charge in [0.15, 0.2) is 0 Å². The van der Waals surface area contributed by atoms with Gasteiger partial charge in [-0.2, -0.15) is 13.2 Å². The summed E-state index contributed by atoms with van der Waals surface area (Å²) in [6.45, 7) is 5.56. The average Bonchev–Trinajstić information content (AvgIpc) is 2.92. The third-order valence-corrected chi connectivity index (χ3v) is 9.08. The molecule has 0 radical (unpaired) electrons. The summed E-state index contributed by atoms with van der Waals surface area (Å²) in [6, 6.07) is 8.31. The van der Waals surface area contributed by atoms with Crippen LogP contribution in [0.2, 0.25) is 10.0 Å². The molecular weight excluding hydrogens is 596 g/mol. The molecule has 0 spiro atoms. The van der Waals surface area contributed by atoms with Crippen LogP contribution in [0.5, 0.6) is 0 Å². The number of nitrogens with one attached hydrogen (secondary N) is 1. The SMILES string of the molecule is CC(C)CC(N)c1cc(C(F)(F)F)ccc1N1CCN(C(=O)C(Cc2ccc(Cl)cc2Cl)C2CCSNC2=O)CC1. The number of anilines is 1. The summed E-state index contributed by atoms with van der Waals surface area (Å²) < 4.78 is 43.4. The van der Waals surface area contributed by atoms with Gasteiger partial charge in [0, 0.05) is 53.7 Å². The van der Waals surface area contributed by atoms with Crippen molar-refractivity contribution in [1.82, 2.24) is 9.62 Å². The number of nitrogens with zero attached hydrogens (tertiary/aromatic N) is 2. The zero-order chi connectivity index (χ0) is 29.9. The average molecular weight is 632 g/mol. The van der Waals surface area contributed by atoms with Gasteiger partial charge in [0.1, 0.15) is 0 Å². The molecule has 3 atom stereocenters. The molecule has 3 unspecified atom stereocenters. The van der Waals surface area contributed by atoms with Crippen LogP contribution in [0, 0.1) is 17.8 Å². The molecule has 2 amide bonds. The molecule has 2 aromatic carbocycles. The summed E-state index contributed by atoms with van der Waals surface area (Å²) in [5.74, 6) is -0.492. The molecule has 0 aromatic heterocycles. The largest absolute Gasteiger partial charge is 0.416 e. The van der Waals surface area contributed by atoms with E-state index in [-0.39, 0.29) is 17.7 Å². The van der Waals surface area contributed by atoms with Crippen LogP contribution in [0.25, 0.3) is 0 Å². The van der Waals surface area contributed by atoms with E-state index in [0.29, 0.717) is 72.5 Å². The lowest BCUT2D eigenvalue weighted by Gasteiger charge is -2.40. The zero-order valence-electron chi connectivity index (χ0n) is 23.0. The van der Waals surface area contributed by atoms with E-state index in [1.54, 1.807) is 23.1 Å². The second-order valence-corrected chi connectivity index (χ2v) is 12.8. The molecule has 0 bridgehead atoms. The number of carbonyl (C=O) groups excluding carboxylic acids is 2. The Morgan fingerprint density at radius 2 is 1.83 bits per heavy atom. The molecule has 3 N–H and O–H groups in total. The first-order valence-electron chi connectivity index (χ1n) is 13.7. The van der Waals surface area contributed by atoms with Crippen LogP contribution >= 0.6 is 35.1 Å². The number of hydrogen-bond donors (Lipinski definition) is 2. The van der Waals surface area contributed by atoms with Gasteiger partial charge in [0.2, 0.25) is 11.8 Å². The topological polar surface area (TPSA) is 78.7 Å². The third kappa shape index (κ3) is 7.83. The highest BCUT2D eigenvalue weighted by atomic mass is 35.5. The van der Waals surface area contributed by atoms with Crippen LogP contribution in [-0.2, 0) is 22.2 Å². The minimum atomic E-state index is -4.47. The van der Waals surface area contributed by atoms with Gasteiger partial charge >= 0.3 is 6.18 Å². The Kier molecular flexibility index (Phi) is 10.4. The molecule has 2 fully saturated rings. The molecule has 2 aromatic rings. The van der Waals surface area contributed by atoms with Crippen molar-refractivity contribution in [3.05, 3.63) is 63.1 Å². The number of hydrogen-bond acceptors (Lipinski definition) is 5. The summed E-state index contributed by atoms with van der Waals surface area (Å²) in [4.78, 5) is 30.5. The molecule has 224 valence electrons. The number of rotatable bonds is 8. The summed E-state index contributed by atoms with van der Waals surface area (Å²) in [5, 5.41) is 0.929. The third-order valence-electron chi connectivity index (χ3n) is 7.71. The summed E-state index contributed by atoms with van der Waals surface area (Å²) in [5.41, 5.74) is 7.54. The van der Waals surface area contributed by atoms with Gasteiger partial charge in [-0.05, 0) is 66.6 Å². The molecule has 41 heavy (non-hydrogen) atoms. The van der Waals surface area contributed by atoms with Crippen molar-refractivity contribution in [3.63, 3.8) is 0 Å². The van der Waals surface area contributed by atoms with E-state index in [9.17, 15) is 22.8 Å². The highest BCUT2D eigenvalue weighted by Crippen LogP contribution is 2.37. The van der Waals surface area contributed by atoms with E-state index in [0.717, 1.165) is 17.7 Å². The maximum absolute atomic E-state index is 13.9. The van der Waals surface area contributed by atoms with Crippen LogP contribution in [0.15, 0.2) is 36.4 Å². The fourth-order valence-electron chi connectivity index (χ4n) is 5.58. The summed E-state index contributed by atoms with van der Waals surface area (Å²) in [7, 11) is 0. The van der Waals surface area contributed by atoms with Crippen LogP contribution in [-0.4, -0.2) is 48.6 Å². The lowest BCUT2D eigenvalue weighted by molar-refractivity contribution is -0.142. The molecule has 12 heteroatoms. The Morgan fingerprint density at radius 1 is 1.12 bits per heavy atom. The molecule has 4 rings (SSSR count). The van der Waals surface area contributed by atoms with Crippen LogP contribution in [0.3, 0.4) is 0 Å². The van der Waals surface area contributed by atoms with E-state index in [2.05, 4.69) is 4.72 Å². The quantitative estimate of drug-likeness (QED) is 0.332. The first-order valence-corrected chi connectivity index (χ1v) is 15.4. The number of alkyl halides is 3. The molecule has 0 saturated carbocycles. The lowest BCUT2D eigenvalue weighted by atomic mass is 9.83. The van der Waals surface area contributed by atoms with E-state index in [1.165, 1.54) is 18.0 Å². The van der Waals surface area contributed by atoms with Gasteiger partial charge in [-0.1, -0.05) is 55.1 Å². The van der Waals surface area contributed by atoms with Crippen molar-refractivity contribution in [1.29, 1.82) is 0 Å². The van der Waals surface area contributed by atoms with Crippen molar-refractivity contribution < 1.29 is 22.8 Å². The predicted octanol–water partition coefficient (Wildman–Crippen LogP) is 6.35. The Hall–Kier alpha value is -2.14. The molecule has 2 heterocycles. The highest BCUT2D eigenvalue weighted by Gasteiger charge is 2.39. The van der Waals surface area contributed by atoms with Crippen molar-refractivity contribution >= 4 is 52.7 Å². The smallest absolute Gasteiger partial charge is 0.368 e. The van der Waals surface area contributed by atoms with E-state index < -0.39 is 29.6 Å². The van der Waals surface area contributed by atoms with Crippen molar-refractivity contribution in [3.8, 4) is 0 Å². The number of amides is 2. The van der Waals surface area contributed by atoms with Crippen molar-refractivity contribution in [2.24, 2.45) is 23.5 Å². The van der Waals surface area contributed by atoms with Crippen LogP contribution < -0.4 is 15.4 Å². The number of benzene rings is 2. The number of nitrogens with two attached hydrogens (primary N) is 1. The Balaban J connectivity index is 1.54. The van der Waals surface area contributed by atoms with Crippen molar-refractivity contribution in [2.45, 2.75) is 45.3 Å². The highest BCUT2D eigenvalue weighted by molar-refractivity contribution is 7.98. The predicted molar refractivity (Wildman–Crippen MR) is 159 cm³/mol. The molecule has 2 aliphatic rings. The minimum absolute atomic E-state index is 0.133. The van der Waals surface area contributed by atoms with Gasteiger partial charge in [-0.3, -0.25) is 14.3 Å². The van der Waals surface area contributed by atoms with Crippen molar-refractivity contribution in [2.75, 3.05) is 36.8 Å². The maximum atomic E-state index is 13.9. The monoisotopic (exact) mass is 630 g/mol. The van der Waals surface area contributed by atoms with E-state index in [4.69, 9.17) is 28.9 Å². The number of halogens is 5. The van der Waals surface area contributed by atoms with Gasteiger partial charge in [0.05, 0.1) is 17.4 Å². The van der Waals surface area contributed by atoms with Gasteiger partial charge in [0.25, 0.3) is 0 Å². The van der Waals surface area contributed by atoms with Gasteiger partial charge in [-0.25, -0.2) is 0 Å². The Morgan fingerprint density at radius 3 is 2.44 bits per heavy atom. The number of piperazine rings is 1. The second kappa shape index (κ2) is 13.4. The normalized spacial score (nSPS) is 19.7. The van der Waals surface area contributed by atoms with E-state index in [1.807, 2.05) is 18.7 Å². The van der Waals surface area contributed by atoms with E-state index >= 15 is 0 Å². The summed E-state index contributed by atoms with van der Waals surface area (Å²) in [6.07, 6.45) is -3.06. The van der Waals surface area contributed by atoms with Crippen LogP contribution in [0.4, 0.5) is 18.9 Å². The Bertz CT molecular complexity index is 1260. The first kappa shape index (κ1) is 31.8. The zero-order valence-corrected chi connectivity index (χ0v) is 25.3. The molecule has 0 aliphatic carbocycles. The van der Waals surface area contributed by atoms with Crippen LogP contribution in [0.1, 0.15) is 49.4 Å². The Labute approximate surface area is 253 Å². The first-order chi connectivity index (χ1) is 19.3. The summed E-state index contributed by atoms with van der Waals surface area (Å²) >= 11 is 13.8. The lowest BCUT2D eigenvalue weighted by Crippen LogP contribution is -2.53.